The van der Waals surface area contributed by atoms with Crippen LogP contribution >= 0.6 is 0 Å². The predicted octanol–water partition coefficient (Wildman–Crippen LogP) is -0.699. The molecule has 2 aromatic heterocycles. The standard InChI is InChI=1S/C18H20N8O6/c1-9(27)20-13-7-12(14(24-23-13)17(28)22-18(29,30)31)21-11-6-4-5-10(15(11)32-3)16-19-8-26(2)25-16/h4-8,29-31H,1-3H3,(H,22,28)(H2,20,21,23,27). The average Bonchev–Trinajstić information content (AvgIpc) is 3.12. The molecule has 0 bridgehead atoms. The van der Waals surface area contributed by atoms with Crippen molar-refractivity contribution in [2.45, 2.75) is 13.0 Å². The quantitative estimate of drug-likeness (QED) is 0.252. The Hall–Kier alpha value is -4.14. The summed E-state index contributed by atoms with van der Waals surface area (Å²) in [5.74, 6) is -0.847. The van der Waals surface area contributed by atoms with Crippen LogP contribution in [0.5, 0.6) is 5.75 Å². The van der Waals surface area contributed by atoms with E-state index in [0.29, 0.717) is 22.8 Å². The van der Waals surface area contributed by atoms with Gasteiger partial charge in [-0.1, -0.05) is 6.07 Å². The monoisotopic (exact) mass is 444 g/mol. The van der Waals surface area contributed by atoms with Crippen LogP contribution in [0.4, 0.5) is 17.2 Å². The molecule has 0 aliphatic carbocycles. The molecule has 32 heavy (non-hydrogen) atoms. The number of carbonyl (C=O) groups excluding carboxylic acids is 2. The number of benzene rings is 1. The number of amides is 2. The van der Waals surface area contributed by atoms with Gasteiger partial charge in [0.25, 0.3) is 5.91 Å². The number of aryl methyl sites for hydroxylation is 1. The van der Waals surface area contributed by atoms with Crippen LogP contribution in [0.3, 0.4) is 0 Å². The van der Waals surface area contributed by atoms with E-state index in [4.69, 9.17) is 20.1 Å². The van der Waals surface area contributed by atoms with E-state index in [0.717, 1.165) is 0 Å². The number of anilines is 3. The van der Waals surface area contributed by atoms with Gasteiger partial charge in [0.15, 0.2) is 23.1 Å². The van der Waals surface area contributed by atoms with Gasteiger partial charge in [-0.05, 0) is 12.1 Å². The molecule has 6 N–H and O–H groups in total. The predicted molar refractivity (Wildman–Crippen MR) is 109 cm³/mol. The minimum Gasteiger partial charge on any atom is -0.494 e. The zero-order valence-electron chi connectivity index (χ0n) is 17.2. The third-order valence-electron chi connectivity index (χ3n) is 3.92. The maximum atomic E-state index is 12.4. The Morgan fingerprint density at radius 1 is 1.16 bits per heavy atom. The minimum atomic E-state index is -3.48. The van der Waals surface area contributed by atoms with E-state index in [1.54, 1.807) is 25.2 Å². The Morgan fingerprint density at radius 2 is 1.91 bits per heavy atom. The number of aliphatic hydroxyl groups is 3. The van der Waals surface area contributed by atoms with Crippen molar-refractivity contribution in [2.75, 3.05) is 17.7 Å². The van der Waals surface area contributed by atoms with Crippen LogP contribution in [0, 0.1) is 0 Å². The van der Waals surface area contributed by atoms with Gasteiger partial charge in [0, 0.05) is 20.0 Å². The second-order valence-electron chi connectivity index (χ2n) is 6.52. The molecular weight excluding hydrogens is 424 g/mol. The first-order valence-corrected chi connectivity index (χ1v) is 9.02. The summed E-state index contributed by atoms with van der Waals surface area (Å²) in [6, 6.07) is 6.36. The average molecular weight is 444 g/mol. The lowest BCUT2D eigenvalue weighted by Crippen LogP contribution is -2.48. The van der Waals surface area contributed by atoms with Crippen LogP contribution in [0.25, 0.3) is 11.4 Å². The summed E-state index contributed by atoms with van der Waals surface area (Å²) in [5, 5.41) is 45.8. The number of methoxy groups -OCH3 is 1. The normalized spacial score (nSPS) is 11.1. The van der Waals surface area contributed by atoms with Crippen molar-refractivity contribution in [1.82, 2.24) is 30.3 Å². The Labute approximate surface area is 180 Å². The lowest BCUT2D eigenvalue weighted by molar-refractivity contribution is -0.323. The smallest absolute Gasteiger partial charge is 0.369 e. The van der Waals surface area contributed by atoms with E-state index in [-0.39, 0.29) is 11.5 Å². The zero-order chi connectivity index (χ0) is 23.5. The number of nitrogens with zero attached hydrogens (tertiary/aromatic N) is 5. The maximum Gasteiger partial charge on any atom is 0.369 e. The first-order chi connectivity index (χ1) is 15.1. The highest BCUT2D eigenvalue weighted by molar-refractivity contribution is 5.99. The van der Waals surface area contributed by atoms with Crippen molar-refractivity contribution in [2.24, 2.45) is 7.05 Å². The van der Waals surface area contributed by atoms with Gasteiger partial charge in [0.1, 0.15) is 6.33 Å². The lowest BCUT2D eigenvalue weighted by Gasteiger charge is -2.18. The van der Waals surface area contributed by atoms with E-state index >= 15 is 0 Å². The van der Waals surface area contributed by atoms with E-state index < -0.39 is 23.6 Å². The van der Waals surface area contributed by atoms with Gasteiger partial charge in [0.05, 0.1) is 24.0 Å². The second kappa shape index (κ2) is 8.93. The first-order valence-electron chi connectivity index (χ1n) is 9.02. The molecular formula is C18H20N8O6. The molecule has 168 valence electrons. The van der Waals surface area contributed by atoms with Crippen LogP contribution in [0.2, 0.25) is 0 Å². The van der Waals surface area contributed by atoms with E-state index in [1.807, 2.05) is 0 Å². The van der Waals surface area contributed by atoms with Gasteiger partial charge < -0.3 is 30.7 Å². The minimum absolute atomic E-state index is 0.00919. The molecule has 0 saturated heterocycles. The highest BCUT2D eigenvalue weighted by Crippen LogP contribution is 2.37. The molecule has 3 aromatic rings. The van der Waals surface area contributed by atoms with Crippen LogP contribution in [0.1, 0.15) is 17.4 Å². The number of hydrogen-bond donors (Lipinski definition) is 6. The number of ether oxygens (including phenoxy) is 1. The number of aromatic nitrogens is 5. The van der Waals surface area contributed by atoms with E-state index in [9.17, 15) is 9.59 Å². The number of hydrogen-bond acceptors (Lipinski definition) is 11. The summed E-state index contributed by atoms with van der Waals surface area (Å²) in [7, 11) is 3.15. The van der Waals surface area contributed by atoms with Crippen LogP contribution < -0.4 is 20.7 Å². The molecule has 0 atom stereocenters. The van der Waals surface area contributed by atoms with Crippen molar-refractivity contribution < 1.29 is 29.6 Å². The van der Waals surface area contributed by atoms with Crippen molar-refractivity contribution >= 4 is 29.0 Å². The van der Waals surface area contributed by atoms with Gasteiger partial charge in [-0.15, -0.1) is 10.2 Å². The molecule has 3 rings (SSSR count). The largest absolute Gasteiger partial charge is 0.494 e. The summed E-state index contributed by atoms with van der Waals surface area (Å²) in [5.41, 5.74) is 0.517. The highest BCUT2D eigenvalue weighted by atomic mass is 16.7. The number of rotatable bonds is 7. The Bertz CT molecular complexity index is 1160. The fraction of sp³-hybridized carbons (Fsp3) is 0.222. The third-order valence-corrected chi connectivity index (χ3v) is 3.92. The summed E-state index contributed by atoms with van der Waals surface area (Å²) < 4.78 is 7.03. The van der Waals surface area contributed by atoms with Crippen molar-refractivity contribution in [3.05, 3.63) is 36.3 Å². The molecule has 1 aromatic carbocycles. The van der Waals surface area contributed by atoms with E-state index in [1.165, 1.54) is 36.4 Å². The topological polar surface area (TPSA) is 197 Å². The van der Waals surface area contributed by atoms with Crippen LogP contribution in [-0.4, -0.2) is 65.3 Å². The number of nitrogens with one attached hydrogen (secondary N) is 3. The van der Waals surface area contributed by atoms with E-state index in [2.05, 4.69) is 30.9 Å². The fourth-order valence-corrected chi connectivity index (χ4v) is 2.75. The van der Waals surface area contributed by atoms with Crippen molar-refractivity contribution in [3.8, 4) is 17.1 Å². The van der Waals surface area contributed by atoms with Crippen molar-refractivity contribution in [1.29, 1.82) is 0 Å². The van der Waals surface area contributed by atoms with Crippen molar-refractivity contribution in [3.63, 3.8) is 0 Å². The second-order valence-corrected chi connectivity index (χ2v) is 6.52. The molecule has 0 aliphatic heterocycles. The Kier molecular flexibility index (Phi) is 6.29. The summed E-state index contributed by atoms with van der Waals surface area (Å²) in [6.07, 6.45) is -1.96. The maximum absolute atomic E-state index is 12.4. The number of para-hydroxylation sites is 1. The SMILES string of the molecule is COc1c(Nc2cc(NC(C)=O)nnc2C(=O)NC(O)(O)O)cccc1-c1ncn(C)n1. The molecule has 2 heterocycles. The zero-order valence-corrected chi connectivity index (χ0v) is 17.2. The van der Waals surface area contributed by atoms with Gasteiger partial charge in [-0.3, -0.25) is 19.6 Å². The highest BCUT2D eigenvalue weighted by Gasteiger charge is 2.26. The molecule has 0 aliphatic rings. The summed E-state index contributed by atoms with van der Waals surface area (Å²) in [6.45, 7) is 1.26. The van der Waals surface area contributed by atoms with Crippen LogP contribution in [-0.2, 0) is 11.8 Å². The molecule has 0 radical (unpaired) electrons. The molecule has 0 unspecified atom stereocenters. The molecule has 0 saturated carbocycles. The fourth-order valence-electron chi connectivity index (χ4n) is 2.75. The molecule has 2 amide bonds. The molecule has 0 fully saturated rings. The summed E-state index contributed by atoms with van der Waals surface area (Å²) >= 11 is 0. The molecule has 14 nitrogen and oxygen atoms in total. The Balaban J connectivity index is 2.06. The van der Waals surface area contributed by atoms with Crippen LogP contribution in [0.15, 0.2) is 30.6 Å². The summed E-state index contributed by atoms with van der Waals surface area (Å²) in [4.78, 5) is 28.0. The number of carbonyl (C=O) groups is 2. The molecule has 14 heteroatoms. The lowest BCUT2D eigenvalue weighted by atomic mass is 10.1. The Morgan fingerprint density at radius 3 is 2.50 bits per heavy atom. The van der Waals surface area contributed by atoms with Gasteiger partial charge in [0.2, 0.25) is 5.91 Å². The molecule has 0 spiro atoms. The first kappa shape index (κ1) is 22.5. The van der Waals surface area contributed by atoms with Gasteiger partial charge in [-0.25, -0.2) is 4.98 Å². The van der Waals surface area contributed by atoms with Gasteiger partial charge in [-0.2, -0.15) is 5.10 Å². The van der Waals surface area contributed by atoms with Gasteiger partial charge >= 0.3 is 6.10 Å². The third kappa shape index (κ3) is 5.31.